The number of nitrogens with zero attached hydrogens (tertiary/aromatic N) is 3. The number of fused-ring (bicyclic) bond motifs is 1. The van der Waals surface area contributed by atoms with E-state index in [-0.39, 0.29) is 29.2 Å². The summed E-state index contributed by atoms with van der Waals surface area (Å²) in [5, 5.41) is 11.7. The number of hydrogen-bond donors (Lipinski definition) is 0. The van der Waals surface area contributed by atoms with Crippen molar-refractivity contribution in [3.63, 3.8) is 0 Å². The van der Waals surface area contributed by atoms with Crippen LogP contribution in [0.5, 0.6) is 11.5 Å². The van der Waals surface area contributed by atoms with Gasteiger partial charge in [0.05, 0.1) is 59.2 Å². The number of furan rings is 1. The molecule has 11 nitrogen and oxygen atoms in total. The van der Waals surface area contributed by atoms with Crippen molar-refractivity contribution in [2.24, 2.45) is 4.99 Å². The number of aromatic nitrogens is 1. The van der Waals surface area contributed by atoms with E-state index < -0.39 is 16.9 Å². The van der Waals surface area contributed by atoms with Crippen LogP contribution in [0.1, 0.15) is 44.1 Å². The Kier molecular flexibility index (Phi) is 8.58. The van der Waals surface area contributed by atoms with Crippen LogP contribution in [0, 0.1) is 10.1 Å². The summed E-state index contributed by atoms with van der Waals surface area (Å²) < 4.78 is 23.7. The fourth-order valence-electron chi connectivity index (χ4n) is 4.95. The molecule has 0 spiro atoms. The van der Waals surface area contributed by atoms with Gasteiger partial charge in [0.1, 0.15) is 23.0 Å². The standard InChI is InChI=1S/C31H29N3O8S/c1-5-8-23-27(30(36)41-6-2)28(18-9-7-10-19(15-18)39-3)33-29(35)26(43-31(33)32-23)17-21-12-14-25(42-21)22-13-11-20(40-4)16-24(22)34(37)38/h7,9-17,28H,5-6,8H2,1-4H3/b26-17-. The van der Waals surface area contributed by atoms with Crippen molar-refractivity contribution in [1.29, 1.82) is 0 Å². The molecular formula is C31H29N3O8S. The van der Waals surface area contributed by atoms with Gasteiger partial charge in [-0.25, -0.2) is 9.79 Å². The highest BCUT2D eigenvalue weighted by Gasteiger charge is 2.34. The van der Waals surface area contributed by atoms with Crippen molar-refractivity contribution in [2.75, 3.05) is 20.8 Å². The van der Waals surface area contributed by atoms with Gasteiger partial charge in [-0.05, 0) is 55.3 Å². The second-order valence-electron chi connectivity index (χ2n) is 9.53. The Morgan fingerprint density at radius 1 is 1.12 bits per heavy atom. The molecule has 2 aromatic carbocycles. The lowest BCUT2D eigenvalue weighted by atomic mass is 9.94. The molecule has 1 aliphatic heterocycles. The molecule has 0 aliphatic carbocycles. The van der Waals surface area contributed by atoms with E-state index in [1.165, 1.54) is 29.1 Å². The lowest BCUT2D eigenvalue weighted by Crippen LogP contribution is -2.40. The molecule has 1 unspecified atom stereocenters. The van der Waals surface area contributed by atoms with E-state index in [2.05, 4.69) is 0 Å². The van der Waals surface area contributed by atoms with Crippen molar-refractivity contribution in [3.8, 4) is 22.8 Å². The highest BCUT2D eigenvalue weighted by Crippen LogP contribution is 2.35. The van der Waals surface area contributed by atoms with Crippen molar-refractivity contribution < 1.29 is 28.3 Å². The fourth-order valence-corrected chi connectivity index (χ4v) is 5.95. The van der Waals surface area contributed by atoms with E-state index in [1.807, 2.05) is 13.0 Å². The van der Waals surface area contributed by atoms with Crippen LogP contribution in [0.3, 0.4) is 0 Å². The van der Waals surface area contributed by atoms with E-state index in [0.717, 1.165) is 6.42 Å². The van der Waals surface area contributed by atoms with Crippen LogP contribution in [0.4, 0.5) is 5.69 Å². The van der Waals surface area contributed by atoms with Crippen molar-refractivity contribution in [3.05, 3.63) is 107 Å². The van der Waals surface area contributed by atoms with Crippen LogP contribution in [-0.2, 0) is 9.53 Å². The van der Waals surface area contributed by atoms with Crippen LogP contribution in [0.25, 0.3) is 17.4 Å². The summed E-state index contributed by atoms with van der Waals surface area (Å²) in [6, 6.07) is 14.1. The molecule has 0 bridgehead atoms. The Morgan fingerprint density at radius 2 is 1.88 bits per heavy atom. The van der Waals surface area contributed by atoms with Crippen LogP contribution >= 0.6 is 11.3 Å². The molecule has 2 aromatic heterocycles. The number of nitro groups is 1. The van der Waals surface area contributed by atoms with Gasteiger partial charge in [0, 0.05) is 6.08 Å². The molecule has 222 valence electrons. The summed E-state index contributed by atoms with van der Waals surface area (Å²) in [5.41, 5.74) is 1.27. The predicted molar refractivity (Wildman–Crippen MR) is 160 cm³/mol. The minimum Gasteiger partial charge on any atom is -0.497 e. The summed E-state index contributed by atoms with van der Waals surface area (Å²) in [4.78, 5) is 43.7. The third kappa shape index (κ3) is 5.73. The van der Waals surface area contributed by atoms with Gasteiger partial charge < -0.3 is 18.6 Å². The lowest BCUT2D eigenvalue weighted by Gasteiger charge is -2.26. The SMILES string of the molecule is CCCC1=C(C(=O)OCC)C(c2cccc(OC)c2)n2c(s/c(=C\c3ccc(-c4ccc(OC)cc4[N+](=O)[O-])o3)c2=O)=N1. The second-order valence-corrected chi connectivity index (χ2v) is 10.5. The maximum Gasteiger partial charge on any atom is 0.338 e. The summed E-state index contributed by atoms with van der Waals surface area (Å²) in [6.07, 6.45) is 2.81. The zero-order valence-corrected chi connectivity index (χ0v) is 24.8. The number of esters is 1. The fraction of sp³-hybridized carbons (Fsp3) is 0.258. The molecule has 12 heteroatoms. The third-order valence-electron chi connectivity index (χ3n) is 6.87. The highest BCUT2D eigenvalue weighted by molar-refractivity contribution is 7.07. The van der Waals surface area contributed by atoms with Crippen molar-refractivity contribution in [1.82, 2.24) is 4.57 Å². The molecule has 4 aromatic rings. The number of hydrogen-bond acceptors (Lipinski definition) is 10. The number of thiazole rings is 1. The molecule has 1 atom stereocenters. The Morgan fingerprint density at radius 3 is 2.58 bits per heavy atom. The van der Waals surface area contributed by atoms with Gasteiger partial charge in [-0.2, -0.15) is 0 Å². The Bertz CT molecular complexity index is 1920. The van der Waals surface area contributed by atoms with Crippen LogP contribution in [-0.4, -0.2) is 36.3 Å². The van der Waals surface area contributed by atoms with Gasteiger partial charge in [0.15, 0.2) is 4.80 Å². The molecule has 0 radical (unpaired) electrons. The maximum atomic E-state index is 14.0. The van der Waals surface area contributed by atoms with Crippen molar-refractivity contribution in [2.45, 2.75) is 32.7 Å². The molecule has 0 saturated heterocycles. The van der Waals surface area contributed by atoms with Crippen LogP contribution in [0.2, 0.25) is 0 Å². The molecule has 0 fully saturated rings. The minimum atomic E-state index is -0.789. The summed E-state index contributed by atoms with van der Waals surface area (Å²) in [6.45, 7) is 3.89. The molecule has 0 amide bonds. The first-order chi connectivity index (χ1) is 20.8. The largest absolute Gasteiger partial charge is 0.497 e. The van der Waals surface area contributed by atoms with E-state index in [0.29, 0.717) is 49.8 Å². The van der Waals surface area contributed by atoms with E-state index in [9.17, 15) is 19.7 Å². The normalized spacial score (nSPS) is 14.7. The molecule has 5 rings (SSSR count). The number of rotatable bonds is 10. The molecular weight excluding hydrogens is 574 g/mol. The first kappa shape index (κ1) is 29.5. The monoisotopic (exact) mass is 603 g/mol. The summed E-state index contributed by atoms with van der Waals surface area (Å²) in [7, 11) is 2.98. The number of carbonyl (C=O) groups is 1. The summed E-state index contributed by atoms with van der Waals surface area (Å²) >= 11 is 1.17. The van der Waals surface area contributed by atoms with Crippen LogP contribution < -0.4 is 24.4 Å². The van der Waals surface area contributed by atoms with E-state index in [1.54, 1.807) is 62.6 Å². The molecule has 43 heavy (non-hydrogen) atoms. The van der Waals surface area contributed by atoms with Gasteiger partial charge in [-0.3, -0.25) is 19.5 Å². The quantitative estimate of drug-likeness (QED) is 0.144. The molecule has 3 heterocycles. The number of benzene rings is 2. The first-order valence-corrected chi connectivity index (χ1v) is 14.4. The Balaban J connectivity index is 1.66. The second kappa shape index (κ2) is 12.5. The zero-order chi connectivity index (χ0) is 30.7. The molecule has 0 saturated carbocycles. The zero-order valence-electron chi connectivity index (χ0n) is 24.0. The van der Waals surface area contributed by atoms with E-state index in [4.69, 9.17) is 23.6 Å². The Labute approximate surface area is 250 Å². The van der Waals surface area contributed by atoms with Gasteiger partial charge >= 0.3 is 5.97 Å². The van der Waals surface area contributed by atoms with Gasteiger partial charge in [0.2, 0.25) is 0 Å². The molecule has 1 aliphatic rings. The smallest absolute Gasteiger partial charge is 0.338 e. The average Bonchev–Trinajstić information content (AvgIpc) is 3.60. The van der Waals surface area contributed by atoms with E-state index >= 15 is 0 Å². The number of allylic oxidation sites excluding steroid dienone is 1. The Hall–Kier alpha value is -4.97. The highest BCUT2D eigenvalue weighted by atomic mass is 32.1. The van der Waals surface area contributed by atoms with Gasteiger partial charge in [-0.1, -0.05) is 36.8 Å². The molecule has 0 N–H and O–H groups in total. The minimum absolute atomic E-state index is 0.171. The third-order valence-corrected chi connectivity index (χ3v) is 7.85. The number of ether oxygens (including phenoxy) is 3. The summed E-state index contributed by atoms with van der Waals surface area (Å²) in [5.74, 6) is 0.971. The number of carbonyl (C=O) groups excluding carboxylic acids is 1. The lowest BCUT2D eigenvalue weighted by molar-refractivity contribution is -0.384. The van der Waals surface area contributed by atoms with Gasteiger partial charge in [-0.15, -0.1) is 0 Å². The topological polar surface area (TPSA) is 135 Å². The maximum absolute atomic E-state index is 14.0. The van der Waals surface area contributed by atoms with Crippen molar-refractivity contribution >= 4 is 29.1 Å². The number of methoxy groups -OCH3 is 2. The predicted octanol–water partition coefficient (Wildman–Crippen LogP) is 4.76. The number of nitro benzene ring substituents is 1. The van der Waals surface area contributed by atoms with Gasteiger partial charge in [0.25, 0.3) is 11.2 Å². The van der Waals surface area contributed by atoms with Crippen LogP contribution in [0.15, 0.2) is 80.1 Å². The average molecular weight is 604 g/mol. The first-order valence-electron chi connectivity index (χ1n) is 13.6.